The second kappa shape index (κ2) is 10.0. The molecule has 0 saturated heterocycles. The Bertz CT molecular complexity index is 1430. The van der Waals surface area contributed by atoms with Crippen LogP contribution in [0.4, 0.5) is 13.2 Å². The number of hydrogen-bond acceptors (Lipinski definition) is 4. The fourth-order valence-electron chi connectivity index (χ4n) is 3.24. The van der Waals surface area contributed by atoms with E-state index in [0.717, 1.165) is 16.1 Å². The molecule has 0 radical (unpaired) electrons. The molecule has 6 nitrogen and oxygen atoms in total. The molecule has 1 N–H and O–H groups in total. The monoisotopic (exact) mass is 588 g/mol. The molecule has 0 aliphatic carbocycles. The van der Waals surface area contributed by atoms with Gasteiger partial charge in [0, 0.05) is 21.3 Å². The molecule has 0 fully saturated rings. The highest BCUT2D eigenvalue weighted by Crippen LogP contribution is 2.28. The Kier molecular flexibility index (Phi) is 7.53. The molecule has 2 aromatic heterocycles. The van der Waals surface area contributed by atoms with Crippen LogP contribution in [0.15, 0.2) is 67.3 Å². The summed E-state index contributed by atoms with van der Waals surface area (Å²) in [5.41, 5.74) is -0.856. The van der Waals surface area contributed by atoms with Gasteiger partial charge in [-0.1, -0.05) is 31.9 Å². The van der Waals surface area contributed by atoms with Crippen LogP contribution in [-0.4, -0.2) is 29.9 Å². The molecule has 0 amide bonds. The predicted octanol–water partition coefficient (Wildman–Crippen LogP) is 5.63. The Morgan fingerprint density at radius 2 is 1.45 bits per heavy atom. The van der Waals surface area contributed by atoms with Crippen molar-refractivity contribution in [2.24, 2.45) is 0 Å². The van der Waals surface area contributed by atoms with E-state index in [4.69, 9.17) is 9.47 Å². The van der Waals surface area contributed by atoms with Crippen LogP contribution in [0.2, 0.25) is 0 Å². The Labute approximate surface area is 202 Å². The molecule has 33 heavy (non-hydrogen) atoms. The number of pyridine rings is 2. The van der Waals surface area contributed by atoms with Crippen molar-refractivity contribution in [1.29, 1.82) is 0 Å². The number of aromatic nitrogens is 2. The second-order valence-electron chi connectivity index (χ2n) is 6.82. The van der Waals surface area contributed by atoms with Gasteiger partial charge in [0.15, 0.2) is 0 Å². The van der Waals surface area contributed by atoms with Crippen molar-refractivity contribution >= 4 is 53.4 Å². The van der Waals surface area contributed by atoms with Gasteiger partial charge >= 0.3 is 6.18 Å². The third kappa shape index (κ3) is 5.77. The maximum Gasteiger partial charge on any atom is 0.406 e. The first-order valence-corrected chi connectivity index (χ1v) is 10.9. The number of fused-ring (bicyclic) bond motifs is 2. The molecule has 0 bridgehead atoms. The van der Waals surface area contributed by atoms with E-state index in [-0.39, 0.29) is 16.7 Å². The summed E-state index contributed by atoms with van der Waals surface area (Å²) in [6.45, 7) is -1.32. The third-order valence-corrected chi connectivity index (χ3v) is 5.51. The highest BCUT2D eigenvalue weighted by molar-refractivity contribution is 9.10. The molecule has 0 atom stereocenters. The molecule has 0 spiro atoms. The number of hydrogen-bond donors (Lipinski definition) is 1. The second-order valence-corrected chi connectivity index (χ2v) is 8.65. The number of halogens is 5. The third-order valence-electron chi connectivity index (χ3n) is 4.60. The molecule has 2 heterocycles. The molecule has 11 heteroatoms. The minimum Gasteiger partial charge on any atom is -0.496 e. The number of ether oxygens (including phenoxy) is 2. The van der Waals surface area contributed by atoms with Crippen LogP contribution in [0, 0.1) is 0 Å². The lowest BCUT2D eigenvalue weighted by Crippen LogP contribution is -2.27. The van der Waals surface area contributed by atoms with Crippen molar-refractivity contribution in [3.63, 3.8) is 0 Å². The molecule has 0 aliphatic rings. The van der Waals surface area contributed by atoms with Crippen molar-refractivity contribution in [2.75, 3.05) is 14.2 Å². The number of methoxy groups -OCH3 is 2. The smallest absolute Gasteiger partial charge is 0.406 e. The standard InChI is InChI=1S/C12H9BrF3NO2.C10H8BrNO2/c1-19-9-5-8(13)4-7-2-3-17(6-12(14,15)16)11(18)10(7)9;1-14-8-5-7(11)4-6-2-3-12-10(13)9(6)8/h2-5H,6H2,1H3;2-5H,1H3,(H,12,13). The van der Waals surface area contributed by atoms with Crippen molar-refractivity contribution in [3.05, 3.63) is 78.4 Å². The Hall–Kier alpha value is -2.79. The molecule has 0 aliphatic heterocycles. The zero-order valence-electron chi connectivity index (χ0n) is 17.3. The van der Waals surface area contributed by atoms with Gasteiger partial charge in [-0.25, -0.2) is 0 Å². The van der Waals surface area contributed by atoms with E-state index >= 15 is 0 Å². The van der Waals surface area contributed by atoms with Crippen molar-refractivity contribution < 1.29 is 22.6 Å². The topological polar surface area (TPSA) is 73.3 Å². The normalized spacial score (nSPS) is 11.2. The lowest BCUT2D eigenvalue weighted by molar-refractivity contribution is -0.141. The van der Waals surface area contributed by atoms with E-state index in [9.17, 15) is 22.8 Å². The first-order chi connectivity index (χ1) is 15.5. The fraction of sp³-hybridized carbons (Fsp3) is 0.182. The molecule has 174 valence electrons. The van der Waals surface area contributed by atoms with E-state index in [1.807, 2.05) is 12.1 Å². The van der Waals surface area contributed by atoms with Gasteiger partial charge in [-0.2, -0.15) is 13.2 Å². The highest BCUT2D eigenvalue weighted by Gasteiger charge is 2.28. The van der Waals surface area contributed by atoms with Gasteiger partial charge in [-0.05, 0) is 47.2 Å². The van der Waals surface area contributed by atoms with E-state index in [1.54, 1.807) is 31.5 Å². The van der Waals surface area contributed by atoms with E-state index in [0.29, 0.717) is 25.6 Å². The average Bonchev–Trinajstić information content (AvgIpc) is 2.74. The highest BCUT2D eigenvalue weighted by atomic mass is 79.9. The Morgan fingerprint density at radius 3 is 2.00 bits per heavy atom. The molecule has 0 unspecified atom stereocenters. The van der Waals surface area contributed by atoms with Crippen LogP contribution >= 0.6 is 31.9 Å². The lowest BCUT2D eigenvalue weighted by Gasteiger charge is -2.12. The number of nitrogens with one attached hydrogen (secondary N) is 1. The minimum atomic E-state index is -4.44. The Balaban J connectivity index is 0.000000194. The first-order valence-electron chi connectivity index (χ1n) is 9.32. The molecule has 4 aromatic rings. The van der Waals surface area contributed by atoms with Crippen LogP contribution in [-0.2, 0) is 6.54 Å². The van der Waals surface area contributed by atoms with E-state index in [2.05, 4.69) is 36.8 Å². The van der Waals surface area contributed by atoms with Gasteiger partial charge in [-0.3, -0.25) is 9.59 Å². The van der Waals surface area contributed by atoms with Crippen LogP contribution in [0.3, 0.4) is 0 Å². The summed E-state index contributed by atoms with van der Waals surface area (Å²) < 4.78 is 49.5. The van der Waals surface area contributed by atoms with Gasteiger partial charge in [0.2, 0.25) is 0 Å². The van der Waals surface area contributed by atoms with Crippen LogP contribution < -0.4 is 20.6 Å². The summed E-state index contributed by atoms with van der Waals surface area (Å²) in [6.07, 6.45) is -1.69. The first kappa shape index (κ1) is 24.8. The average molecular weight is 590 g/mol. The quantitative estimate of drug-likeness (QED) is 0.336. The number of rotatable bonds is 3. The van der Waals surface area contributed by atoms with Crippen LogP contribution in [0.5, 0.6) is 11.5 Å². The van der Waals surface area contributed by atoms with Gasteiger partial charge in [-0.15, -0.1) is 0 Å². The zero-order chi connectivity index (χ0) is 24.3. The number of benzene rings is 2. The van der Waals surface area contributed by atoms with Crippen LogP contribution in [0.1, 0.15) is 0 Å². The number of nitrogens with zero attached hydrogens (tertiary/aromatic N) is 1. The summed E-state index contributed by atoms with van der Waals surface area (Å²) in [5.74, 6) is 0.821. The van der Waals surface area contributed by atoms with Crippen molar-refractivity contribution in [3.8, 4) is 11.5 Å². The van der Waals surface area contributed by atoms with Gasteiger partial charge in [0.25, 0.3) is 11.1 Å². The van der Waals surface area contributed by atoms with Gasteiger partial charge < -0.3 is 19.0 Å². The minimum absolute atomic E-state index is 0.133. The SMILES string of the molecule is COc1cc(Br)cc2cc[nH]c(=O)c12.COc1cc(Br)cc2ccn(CC(F)(F)F)c(=O)c12. The number of H-pyrrole nitrogens is 1. The predicted molar refractivity (Wildman–Crippen MR) is 127 cm³/mol. The summed E-state index contributed by atoms with van der Waals surface area (Å²) in [5, 5.41) is 2.10. The fourth-order valence-corrected chi connectivity index (χ4v) is 4.15. The van der Waals surface area contributed by atoms with Crippen LogP contribution in [0.25, 0.3) is 21.5 Å². The molecule has 2 aromatic carbocycles. The number of aromatic amines is 1. The van der Waals surface area contributed by atoms with Gasteiger partial charge in [0.05, 0.1) is 25.0 Å². The molecule has 4 rings (SSSR count). The summed E-state index contributed by atoms with van der Waals surface area (Å²) in [6, 6.07) is 10.1. The van der Waals surface area contributed by atoms with Crippen molar-refractivity contribution in [2.45, 2.75) is 12.7 Å². The molecular formula is C22H17Br2F3N2O4. The Morgan fingerprint density at radius 1 is 0.909 bits per heavy atom. The summed E-state index contributed by atoms with van der Waals surface area (Å²) in [7, 11) is 2.91. The number of alkyl halides is 3. The maximum atomic E-state index is 12.4. The van der Waals surface area contributed by atoms with Crippen molar-refractivity contribution in [1.82, 2.24) is 9.55 Å². The zero-order valence-corrected chi connectivity index (χ0v) is 20.5. The molecule has 0 saturated carbocycles. The lowest BCUT2D eigenvalue weighted by atomic mass is 10.1. The maximum absolute atomic E-state index is 12.4. The van der Waals surface area contributed by atoms with Gasteiger partial charge in [0.1, 0.15) is 18.0 Å². The molecular weight excluding hydrogens is 573 g/mol. The van der Waals surface area contributed by atoms with E-state index in [1.165, 1.54) is 13.2 Å². The largest absolute Gasteiger partial charge is 0.496 e. The summed E-state index contributed by atoms with van der Waals surface area (Å²) >= 11 is 6.60. The summed E-state index contributed by atoms with van der Waals surface area (Å²) in [4.78, 5) is 26.2. The van der Waals surface area contributed by atoms with E-state index < -0.39 is 18.3 Å².